The van der Waals surface area contributed by atoms with Crippen LogP contribution in [0.1, 0.15) is 17.5 Å². The minimum Gasteiger partial charge on any atom is -0.495 e. The third kappa shape index (κ3) is 2.58. The molecule has 1 N–H and O–H groups in total. The van der Waals surface area contributed by atoms with E-state index in [-0.39, 0.29) is 0 Å². The molecular weight excluding hydrogens is 234 g/mol. The van der Waals surface area contributed by atoms with Crippen molar-refractivity contribution in [1.82, 2.24) is 0 Å². The van der Waals surface area contributed by atoms with E-state index in [9.17, 15) is 0 Å². The minimum absolute atomic E-state index is 0.492. The SMILES string of the molecule is COc1ccccc1N[C@@H]1CCc2ccccc2C1. The average molecular weight is 253 g/mol. The molecule has 0 fully saturated rings. The highest BCUT2D eigenvalue weighted by molar-refractivity contribution is 5.57. The summed E-state index contributed by atoms with van der Waals surface area (Å²) in [5, 5.41) is 3.62. The van der Waals surface area contributed by atoms with Crippen molar-refractivity contribution in [3.05, 3.63) is 59.7 Å². The third-order valence-corrected chi connectivity index (χ3v) is 3.81. The molecule has 0 spiro atoms. The fourth-order valence-corrected chi connectivity index (χ4v) is 2.80. The lowest BCUT2D eigenvalue weighted by atomic mass is 9.88. The molecule has 0 heterocycles. The predicted molar refractivity (Wildman–Crippen MR) is 78.9 cm³/mol. The Labute approximate surface area is 114 Å². The summed E-state index contributed by atoms with van der Waals surface area (Å²) in [4.78, 5) is 0. The number of rotatable bonds is 3. The molecule has 0 saturated carbocycles. The number of nitrogens with one attached hydrogen (secondary N) is 1. The topological polar surface area (TPSA) is 21.3 Å². The van der Waals surface area contributed by atoms with Gasteiger partial charge >= 0.3 is 0 Å². The van der Waals surface area contributed by atoms with E-state index < -0.39 is 0 Å². The van der Waals surface area contributed by atoms with Crippen molar-refractivity contribution in [2.24, 2.45) is 0 Å². The molecule has 2 heteroatoms. The maximum Gasteiger partial charge on any atom is 0.141 e. The summed E-state index contributed by atoms with van der Waals surface area (Å²) in [6, 6.07) is 17.4. The monoisotopic (exact) mass is 253 g/mol. The van der Waals surface area contributed by atoms with E-state index in [1.54, 1.807) is 7.11 Å². The summed E-state index contributed by atoms with van der Waals surface area (Å²) in [6.07, 6.45) is 3.42. The fourth-order valence-electron chi connectivity index (χ4n) is 2.80. The number of ether oxygens (including phenoxy) is 1. The Kier molecular flexibility index (Phi) is 3.41. The highest BCUT2D eigenvalue weighted by Crippen LogP contribution is 2.28. The van der Waals surface area contributed by atoms with E-state index in [0.29, 0.717) is 6.04 Å². The van der Waals surface area contributed by atoms with Crippen molar-refractivity contribution in [3.63, 3.8) is 0 Å². The van der Waals surface area contributed by atoms with Crippen molar-refractivity contribution in [2.45, 2.75) is 25.3 Å². The van der Waals surface area contributed by atoms with Crippen molar-refractivity contribution in [1.29, 1.82) is 0 Å². The first kappa shape index (κ1) is 12.1. The highest BCUT2D eigenvalue weighted by atomic mass is 16.5. The van der Waals surface area contributed by atoms with Gasteiger partial charge in [-0.15, -0.1) is 0 Å². The molecule has 1 atom stereocenters. The number of aryl methyl sites for hydroxylation is 1. The minimum atomic E-state index is 0.492. The molecule has 2 aromatic carbocycles. The van der Waals surface area contributed by atoms with E-state index in [4.69, 9.17) is 4.74 Å². The van der Waals surface area contributed by atoms with E-state index in [2.05, 4.69) is 35.6 Å². The molecule has 19 heavy (non-hydrogen) atoms. The molecule has 3 rings (SSSR count). The van der Waals surface area contributed by atoms with Crippen LogP contribution in [-0.4, -0.2) is 13.2 Å². The molecule has 2 aromatic rings. The van der Waals surface area contributed by atoms with E-state index in [1.807, 2.05) is 18.2 Å². The lowest BCUT2D eigenvalue weighted by Gasteiger charge is -2.27. The van der Waals surface area contributed by atoms with Crippen LogP contribution in [0.4, 0.5) is 5.69 Å². The van der Waals surface area contributed by atoms with Gasteiger partial charge in [0.1, 0.15) is 5.75 Å². The fraction of sp³-hybridized carbons (Fsp3) is 0.294. The second-order valence-electron chi connectivity index (χ2n) is 5.05. The maximum absolute atomic E-state index is 5.39. The second-order valence-corrected chi connectivity index (χ2v) is 5.05. The Morgan fingerprint density at radius 2 is 1.74 bits per heavy atom. The molecule has 0 bridgehead atoms. The van der Waals surface area contributed by atoms with Crippen LogP contribution in [0.5, 0.6) is 5.75 Å². The van der Waals surface area contributed by atoms with Gasteiger partial charge < -0.3 is 10.1 Å². The van der Waals surface area contributed by atoms with Gasteiger partial charge in [-0.1, -0.05) is 36.4 Å². The van der Waals surface area contributed by atoms with Gasteiger partial charge in [0, 0.05) is 6.04 Å². The summed E-state index contributed by atoms with van der Waals surface area (Å²) >= 11 is 0. The van der Waals surface area contributed by atoms with Crippen LogP contribution >= 0.6 is 0 Å². The molecule has 0 radical (unpaired) electrons. The van der Waals surface area contributed by atoms with Gasteiger partial charge in [0.2, 0.25) is 0 Å². The van der Waals surface area contributed by atoms with Gasteiger partial charge in [-0.2, -0.15) is 0 Å². The smallest absolute Gasteiger partial charge is 0.141 e. The van der Waals surface area contributed by atoms with Gasteiger partial charge in [-0.05, 0) is 42.5 Å². The Bertz CT molecular complexity index is 565. The van der Waals surface area contributed by atoms with Gasteiger partial charge in [0.25, 0.3) is 0 Å². The van der Waals surface area contributed by atoms with Crippen molar-refractivity contribution >= 4 is 5.69 Å². The highest BCUT2D eigenvalue weighted by Gasteiger charge is 2.18. The van der Waals surface area contributed by atoms with Gasteiger partial charge in [-0.25, -0.2) is 0 Å². The Morgan fingerprint density at radius 3 is 2.58 bits per heavy atom. The lowest BCUT2D eigenvalue weighted by molar-refractivity contribution is 0.415. The van der Waals surface area contributed by atoms with Gasteiger partial charge in [-0.3, -0.25) is 0 Å². The van der Waals surface area contributed by atoms with Crippen LogP contribution in [0.3, 0.4) is 0 Å². The van der Waals surface area contributed by atoms with Crippen LogP contribution < -0.4 is 10.1 Å². The van der Waals surface area contributed by atoms with Crippen molar-refractivity contribution < 1.29 is 4.74 Å². The number of benzene rings is 2. The largest absolute Gasteiger partial charge is 0.495 e. The third-order valence-electron chi connectivity index (χ3n) is 3.81. The summed E-state index contributed by atoms with van der Waals surface area (Å²) < 4.78 is 5.39. The molecule has 0 saturated heterocycles. The Hall–Kier alpha value is -1.96. The molecule has 1 aliphatic carbocycles. The van der Waals surface area contributed by atoms with Crippen LogP contribution in [0.2, 0.25) is 0 Å². The molecule has 98 valence electrons. The predicted octanol–water partition coefficient (Wildman–Crippen LogP) is 3.66. The van der Waals surface area contributed by atoms with Crippen LogP contribution in [0, 0.1) is 0 Å². The number of anilines is 1. The molecule has 0 amide bonds. The first-order chi connectivity index (χ1) is 9.36. The zero-order chi connectivity index (χ0) is 13.1. The first-order valence-electron chi connectivity index (χ1n) is 6.83. The van der Waals surface area contributed by atoms with Gasteiger partial charge in [0.15, 0.2) is 0 Å². The lowest BCUT2D eigenvalue weighted by Crippen LogP contribution is -2.27. The zero-order valence-corrected chi connectivity index (χ0v) is 11.2. The average Bonchev–Trinajstić information content (AvgIpc) is 2.48. The summed E-state index contributed by atoms with van der Waals surface area (Å²) in [6.45, 7) is 0. The van der Waals surface area contributed by atoms with E-state index in [1.165, 1.54) is 17.5 Å². The van der Waals surface area contributed by atoms with Gasteiger partial charge in [0.05, 0.1) is 12.8 Å². The second kappa shape index (κ2) is 5.35. The molecule has 0 unspecified atom stereocenters. The molecule has 0 aliphatic heterocycles. The van der Waals surface area contributed by atoms with E-state index in [0.717, 1.165) is 24.3 Å². The standard InChI is InChI=1S/C17H19NO/c1-19-17-9-5-4-8-16(17)18-15-11-10-13-6-2-3-7-14(13)12-15/h2-9,15,18H,10-12H2,1H3/t15-/m1/s1. The molecule has 2 nitrogen and oxygen atoms in total. The van der Waals surface area contributed by atoms with Crippen LogP contribution in [0.25, 0.3) is 0 Å². The summed E-state index contributed by atoms with van der Waals surface area (Å²) in [5.74, 6) is 0.918. The van der Waals surface area contributed by atoms with E-state index >= 15 is 0 Å². The molecule has 0 aromatic heterocycles. The molecular formula is C17H19NO. The molecule has 1 aliphatic rings. The normalized spacial score (nSPS) is 17.6. The van der Waals surface area contributed by atoms with Crippen LogP contribution in [-0.2, 0) is 12.8 Å². The van der Waals surface area contributed by atoms with Crippen molar-refractivity contribution in [2.75, 3.05) is 12.4 Å². The summed E-state index contributed by atoms with van der Waals surface area (Å²) in [7, 11) is 1.72. The maximum atomic E-state index is 5.39. The zero-order valence-electron chi connectivity index (χ0n) is 11.2. The number of hydrogen-bond donors (Lipinski definition) is 1. The Balaban J connectivity index is 1.75. The van der Waals surface area contributed by atoms with Crippen LogP contribution in [0.15, 0.2) is 48.5 Å². The number of fused-ring (bicyclic) bond motifs is 1. The number of hydrogen-bond acceptors (Lipinski definition) is 2. The Morgan fingerprint density at radius 1 is 1.00 bits per heavy atom. The first-order valence-corrected chi connectivity index (χ1v) is 6.83. The number of para-hydroxylation sites is 2. The summed E-state index contributed by atoms with van der Waals surface area (Å²) in [5.41, 5.74) is 4.07. The number of methoxy groups -OCH3 is 1. The van der Waals surface area contributed by atoms with Crippen molar-refractivity contribution in [3.8, 4) is 5.75 Å². The quantitative estimate of drug-likeness (QED) is 0.901.